The number of likely N-dealkylation sites (tertiary alicyclic amines) is 1. The van der Waals surface area contributed by atoms with Crippen LogP contribution in [-0.2, 0) is 4.79 Å². The lowest BCUT2D eigenvalue weighted by atomic mass is 9.93. The molecule has 0 atom stereocenters. The molecule has 0 aromatic rings. The Bertz CT molecular complexity index is 215. The number of nitrogens with one attached hydrogen (secondary N) is 1. The van der Waals surface area contributed by atoms with Crippen molar-refractivity contribution in [2.24, 2.45) is 5.92 Å². The lowest BCUT2D eigenvalue weighted by Gasteiger charge is -2.32. The number of nitrogens with zero attached hydrogens (tertiary/aromatic N) is 1. The summed E-state index contributed by atoms with van der Waals surface area (Å²) in [5, 5.41) is 3.20. The van der Waals surface area contributed by atoms with Crippen molar-refractivity contribution < 1.29 is 4.79 Å². The number of carbonyl (C=O) groups excluding carboxylic acids is 1. The van der Waals surface area contributed by atoms with E-state index in [9.17, 15) is 4.79 Å². The van der Waals surface area contributed by atoms with Crippen LogP contribution in [0.25, 0.3) is 0 Å². The quantitative estimate of drug-likeness (QED) is 0.709. The number of piperidine rings is 1. The molecule has 3 nitrogen and oxygen atoms in total. The summed E-state index contributed by atoms with van der Waals surface area (Å²) in [6.07, 6.45) is 4.78. The summed E-state index contributed by atoms with van der Waals surface area (Å²) in [7, 11) is 2.00. The van der Waals surface area contributed by atoms with Crippen molar-refractivity contribution in [3.05, 3.63) is 0 Å². The molecule has 1 saturated heterocycles. The van der Waals surface area contributed by atoms with Crippen molar-refractivity contribution in [1.82, 2.24) is 10.2 Å². The Morgan fingerprint density at radius 3 is 2.71 bits per heavy atom. The fourth-order valence-electron chi connectivity index (χ4n) is 2.21. The zero-order valence-electron chi connectivity index (χ0n) is 11.2. The van der Waals surface area contributed by atoms with E-state index in [1.54, 1.807) is 11.8 Å². The van der Waals surface area contributed by atoms with Gasteiger partial charge in [0.15, 0.2) is 0 Å². The van der Waals surface area contributed by atoms with Crippen LogP contribution in [0, 0.1) is 5.92 Å². The van der Waals surface area contributed by atoms with Crippen LogP contribution < -0.4 is 5.32 Å². The van der Waals surface area contributed by atoms with E-state index < -0.39 is 0 Å². The average molecular weight is 258 g/mol. The van der Waals surface area contributed by atoms with Gasteiger partial charge in [-0.15, -0.1) is 0 Å². The summed E-state index contributed by atoms with van der Waals surface area (Å²) < 4.78 is 0. The Balaban J connectivity index is 2.15. The summed E-state index contributed by atoms with van der Waals surface area (Å²) in [5.41, 5.74) is 0. The lowest BCUT2D eigenvalue weighted by Crippen LogP contribution is -2.39. The van der Waals surface area contributed by atoms with Crippen LogP contribution in [0.1, 0.15) is 32.6 Å². The molecule has 100 valence electrons. The summed E-state index contributed by atoms with van der Waals surface area (Å²) in [6, 6.07) is 0. The van der Waals surface area contributed by atoms with Gasteiger partial charge in [0, 0.05) is 13.1 Å². The predicted molar refractivity (Wildman–Crippen MR) is 75.5 cm³/mol. The number of thioether (sulfide) groups is 1. The zero-order chi connectivity index (χ0) is 12.5. The Labute approximate surface area is 110 Å². The minimum atomic E-state index is 0.343. The molecule has 1 aliphatic rings. The van der Waals surface area contributed by atoms with Crippen LogP contribution in [0.4, 0.5) is 0 Å². The van der Waals surface area contributed by atoms with Crippen molar-refractivity contribution in [2.45, 2.75) is 32.6 Å². The fourth-order valence-corrected chi connectivity index (χ4v) is 3.00. The number of amides is 1. The van der Waals surface area contributed by atoms with Crippen molar-refractivity contribution in [3.63, 3.8) is 0 Å². The minimum Gasteiger partial charge on any atom is -0.342 e. The molecular weight excluding hydrogens is 232 g/mol. The molecule has 1 rings (SSSR count). The number of hydrogen-bond acceptors (Lipinski definition) is 3. The Kier molecular flexibility index (Phi) is 7.69. The van der Waals surface area contributed by atoms with Gasteiger partial charge in [0.05, 0.1) is 5.75 Å². The minimum absolute atomic E-state index is 0.343. The van der Waals surface area contributed by atoms with E-state index >= 15 is 0 Å². The number of rotatable bonds is 7. The van der Waals surface area contributed by atoms with E-state index in [1.807, 2.05) is 7.05 Å². The van der Waals surface area contributed by atoms with Gasteiger partial charge in [-0.25, -0.2) is 0 Å². The molecular formula is C13H26N2OS. The molecule has 0 bridgehead atoms. The van der Waals surface area contributed by atoms with Gasteiger partial charge in [0.25, 0.3) is 0 Å². The Morgan fingerprint density at radius 2 is 2.12 bits per heavy atom. The second-order valence-electron chi connectivity index (χ2n) is 4.77. The highest BCUT2D eigenvalue weighted by molar-refractivity contribution is 7.99. The molecule has 1 N–H and O–H groups in total. The first-order valence-corrected chi connectivity index (χ1v) is 7.93. The highest BCUT2D eigenvalue weighted by Gasteiger charge is 2.21. The van der Waals surface area contributed by atoms with Gasteiger partial charge in [0.2, 0.25) is 5.91 Å². The zero-order valence-corrected chi connectivity index (χ0v) is 12.0. The predicted octanol–water partition coefficient (Wildman–Crippen LogP) is 1.98. The third-order valence-corrected chi connectivity index (χ3v) is 4.49. The van der Waals surface area contributed by atoms with Crippen molar-refractivity contribution in [3.8, 4) is 0 Å². The molecule has 1 heterocycles. The summed E-state index contributed by atoms with van der Waals surface area (Å²) in [4.78, 5) is 13.9. The van der Waals surface area contributed by atoms with Crippen LogP contribution >= 0.6 is 11.8 Å². The van der Waals surface area contributed by atoms with E-state index in [4.69, 9.17) is 0 Å². The second-order valence-corrected chi connectivity index (χ2v) is 5.87. The van der Waals surface area contributed by atoms with Crippen LogP contribution in [-0.4, -0.2) is 49.0 Å². The molecule has 1 fully saturated rings. The molecule has 0 saturated carbocycles. The van der Waals surface area contributed by atoms with Gasteiger partial charge in [0.1, 0.15) is 0 Å². The first-order valence-electron chi connectivity index (χ1n) is 6.78. The summed E-state index contributed by atoms with van der Waals surface area (Å²) in [6.45, 7) is 5.20. The van der Waals surface area contributed by atoms with Crippen LogP contribution in [0.15, 0.2) is 0 Å². The maximum Gasteiger partial charge on any atom is 0.232 e. The fraction of sp³-hybridized carbons (Fsp3) is 0.923. The van der Waals surface area contributed by atoms with Crippen molar-refractivity contribution in [2.75, 3.05) is 38.2 Å². The molecule has 0 aromatic heterocycles. The first kappa shape index (κ1) is 14.8. The monoisotopic (exact) mass is 258 g/mol. The highest BCUT2D eigenvalue weighted by atomic mass is 32.2. The summed E-state index contributed by atoms with van der Waals surface area (Å²) in [5.74, 6) is 2.93. The maximum atomic E-state index is 11.9. The smallest absolute Gasteiger partial charge is 0.232 e. The molecule has 17 heavy (non-hydrogen) atoms. The van der Waals surface area contributed by atoms with E-state index in [-0.39, 0.29) is 0 Å². The topological polar surface area (TPSA) is 32.3 Å². The summed E-state index contributed by atoms with van der Waals surface area (Å²) >= 11 is 1.77. The van der Waals surface area contributed by atoms with Crippen molar-refractivity contribution in [1.29, 1.82) is 0 Å². The van der Waals surface area contributed by atoms with E-state index in [2.05, 4.69) is 17.1 Å². The normalized spacial score (nSPS) is 17.4. The molecule has 1 aliphatic heterocycles. The molecule has 0 aromatic carbocycles. The van der Waals surface area contributed by atoms with Gasteiger partial charge in [-0.2, -0.15) is 11.8 Å². The molecule has 4 heteroatoms. The highest BCUT2D eigenvalue weighted by Crippen LogP contribution is 2.20. The SMILES string of the molecule is CCCSCC(=O)N1CCC(CCNC)CC1. The van der Waals surface area contributed by atoms with Crippen LogP contribution in [0.3, 0.4) is 0 Å². The van der Waals surface area contributed by atoms with E-state index in [1.165, 1.54) is 19.3 Å². The van der Waals surface area contributed by atoms with E-state index in [0.717, 1.165) is 37.7 Å². The molecule has 0 aliphatic carbocycles. The third-order valence-electron chi connectivity index (χ3n) is 3.34. The standard InChI is InChI=1S/C13H26N2OS/c1-3-10-17-11-13(16)15-8-5-12(6-9-15)4-7-14-2/h12,14H,3-11H2,1-2H3. The Morgan fingerprint density at radius 1 is 1.41 bits per heavy atom. The maximum absolute atomic E-state index is 11.9. The van der Waals surface area contributed by atoms with Crippen LogP contribution in [0.2, 0.25) is 0 Å². The average Bonchev–Trinajstić information content (AvgIpc) is 2.37. The molecule has 0 radical (unpaired) electrons. The number of hydrogen-bond donors (Lipinski definition) is 1. The lowest BCUT2D eigenvalue weighted by molar-refractivity contribution is -0.129. The van der Waals surface area contributed by atoms with Gasteiger partial charge in [-0.05, 0) is 50.9 Å². The van der Waals surface area contributed by atoms with Gasteiger partial charge in [-0.1, -0.05) is 6.92 Å². The molecule has 0 spiro atoms. The second kappa shape index (κ2) is 8.81. The van der Waals surface area contributed by atoms with E-state index in [0.29, 0.717) is 11.7 Å². The van der Waals surface area contributed by atoms with Crippen LogP contribution in [0.5, 0.6) is 0 Å². The molecule has 1 amide bonds. The Hall–Kier alpha value is -0.220. The number of carbonyl (C=O) groups is 1. The van der Waals surface area contributed by atoms with Crippen molar-refractivity contribution >= 4 is 17.7 Å². The third kappa shape index (κ3) is 5.77. The largest absolute Gasteiger partial charge is 0.342 e. The van der Waals surface area contributed by atoms with Gasteiger partial charge in [-0.3, -0.25) is 4.79 Å². The van der Waals surface area contributed by atoms with Gasteiger partial charge < -0.3 is 10.2 Å². The molecule has 0 unspecified atom stereocenters. The first-order chi connectivity index (χ1) is 8.27. The van der Waals surface area contributed by atoms with Gasteiger partial charge >= 0.3 is 0 Å².